The zero-order valence-corrected chi connectivity index (χ0v) is 107. The number of methoxy groups -OCH3 is 3. The highest BCUT2D eigenvalue weighted by Gasteiger charge is 2.39. The van der Waals surface area contributed by atoms with Crippen molar-refractivity contribution in [2.24, 2.45) is 131 Å². The van der Waals surface area contributed by atoms with Crippen molar-refractivity contribution in [3.63, 3.8) is 0 Å². The first-order chi connectivity index (χ1) is 68.6. The lowest BCUT2D eigenvalue weighted by Gasteiger charge is -2.34. The normalized spacial score (nSPS) is 23.6. The third kappa shape index (κ3) is 51.1. The smallest absolute Gasteiger partial charge is 0.289 e. The Hall–Kier alpha value is -7.39. The third-order valence-electron chi connectivity index (χ3n) is 22.9. The van der Waals surface area contributed by atoms with Gasteiger partial charge in [0.05, 0.1) is 173 Å². The number of nitrogens with one attached hydrogen (secondary N) is 13. The molecule has 29 nitrogen and oxygen atoms in total. The van der Waals surface area contributed by atoms with E-state index in [2.05, 4.69) is 428 Å². The molecule has 0 aromatic carbocycles. The first kappa shape index (κ1) is 141. The fourth-order valence-corrected chi connectivity index (χ4v) is 19.2. The molecule has 150 heavy (non-hydrogen) atoms. The molecule has 852 valence electrons. The Morgan fingerprint density at radius 1 is 0.340 bits per heavy atom. The predicted molar refractivity (Wildman–Crippen MR) is 657 cm³/mol. The molecule has 0 spiro atoms. The van der Waals surface area contributed by atoms with Crippen LogP contribution >= 0.6 is 120 Å². The second-order valence-corrected chi connectivity index (χ2v) is 54.7. The first-order valence-electron chi connectivity index (χ1n) is 51.3. The molecule has 12 aliphatic heterocycles. The number of aliphatic imine (C=N–C) groups is 12. The molecule has 12 heterocycles. The van der Waals surface area contributed by atoms with Gasteiger partial charge in [0.2, 0.25) is 0 Å². The number of allylic oxidation sites excluding steroid dienone is 2. The number of guanidine groups is 1. The van der Waals surface area contributed by atoms with Crippen LogP contribution in [0.3, 0.4) is 0 Å². The standard InChI is InChI=1S/C11H20N2.C10H18ClN3.C10H17ClN2O.2C10H17ClN2.C9H15ClN2O.C9H15ClN2.2C9H16N2O.C8H13BrN2.C8H12Cl2N2.C8H13ClN2/c1-8(2)9-6-12-7-13-10(9)11(3,4)5;1-5-12-9-13-6-7(11)8(14-9)10(2,3)4;1-5-14-9-12-6-7(11)8(13-9)10(2,3)4;1-5-8-12-6-7(11)9(13-8)10(2,3)4;1-5-7-8(11)9(10(2,3)4)13-6-12-7;1-9(2,3)7-6(10)5-11-8(12-7)13-4;1-6-7(10)8(9(2,3)4)12-5-11-6;1-9(2,3)8-7(12-4)5-10-6-11-8;1-9(2,3)7-5-6-10-8(11-7)12-4;1-8(2,3)7-6(9)4-10-5-11-7;1-8(2,3)6-5(9)4-11-7(10)12-6;1-8(2,3)7-6(9)4-10-5-11-7/h6-8,10H,1-5H3,(H,12,13);6,8H,5H2,1-4H3,(H2,12,13,14);6,8H,5H2,1-4H3,(H,12,13);2*6,9H,5H2,1-4H3,(H,12,13);5,7H,1-4H3,(H,11,12);5,8H,1-4H3,(H,11,12);5-6,8H,1-4H3,(H,10,11);5-7H,1-4H3,(H,10,11);4-5,7H,1-3H3,(H,10,11);4,6H,1-3H3,(H,11,12);4-5,7H,1-3H3,(H,10,11). The summed E-state index contributed by atoms with van der Waals surface area (Å²) in [6, 6.07) is 3.04. The van der Waals surface area contributed by atoms with Gasteiger partial charge in [0.25, 0.3) is 18.1 Å². The SMILES string of the molecule is CC(C)(C)C1N=C(Cl)NC=C1Cl.CC(C)(C)C1N=CNC=C1Br.CC(C)(C)C1N=CNC=C1Cl.CC(C)C1=CNC=NC1C(C)(C)C.CC1=C(Cl)C(C(C)(C)C)N=CN1.CCC1=C(Cl)C(C(C)(C)C)N=CN1.CCC1=NC(C(C)(C)C)C(Cl)=CN1.CCN=C1NC=C(Cl)C(C(C)(C)C)N1.CCOC1=NC(C(C)(C)C)C(Cl)=CN1.COC1=CNC=NC1C(C)(C)C.COC1=NC(C(C)(C)C)C(Cl)=CN1.COC1=NC(C(C)(C)C)C=CN1. The van der Waals surface area contributed by atoms with E-state index in [0.717, 1.165) is 83.0 Å². The number of rotatable bonds is 6. The van der Waals surface area contributed by atoms with Crippen molar-refractivity contribution < 1.29 is 18.9 Å². The van der Waals surface area contributed by atoms with Crippen molar-refractivity contribution in [3.8, 4) is 0 Å². The fraction of sp³-hybridized carbons (Fsp3) is 0.676. The van der Waals surface area contributed by atoms with Crippen molar-refractivity contribution in [1.29, 1.82) is 0 Å². The van der Waals surface area contributed by atoms with E-state index in [4.69, 9.17) is 123 Å². The molecule has 0 aromatic rings. The van der Waals surface area contributed by atoms with Gasteiger partial charge in [0, 0.05) is 90.8 Å². The summed E-state index contributed by atoms with van der Waals surface area (Å²) in [5.41, 5.74) is 4.68. The molecular formula is C111H189BrCl9N25O4. The van der Waals surface area contributed by atoms with Gasteiger partial charge in [-0.2, -0.15) is 0 Å². The van der Waals surface area contributed by atoms with Crippen LogP contribution in [0.4, 0.5) is 0 Å². The molecule has 0 amide bonds. The van der Waals surface area contributed by atoms with Gasteiger partial charge in [-0.05, 0) is 121 Å². The number of nitrogens with zero attached hydrogens (tertiary/aromatic N) is 12. The van der Waals surface area contributed by atoms with E-state index in [1.807, 2.05) is 57.8 Å². The van der Waals surface area contributed by atoms with Crippen LogP contribution in [0.5, 0.6) is 0 Å². The van der Waals surface area contributed by atoms with Gasteiger partial charge >= 0.3 is 0 Å². The van der Waals surface area contributed by atoms with Crippen LogP contribution in [-0.2, 0) is 18.9 Å². The van der Waals surface area contributed by atoms with Gasteiger partial charge in [0.15, 0.2) is 11.3 Å². The van der Waals surface area contributed by atoms with Crippen LogP contribution in [0.1, 0.15) is 311 Å². The zero-order valence-electron chi connectivity index (χ0n) is 98.9. The Kier molecular flexibility index (Phi) is 59.2. The van der Waals surface area contributed by atoms with E-state index >= 15 is 0 Å². The van der Waals surface area contributed by atoms with Gasteiger partial charge in [0.1, 0.15) is 17.6 Å². The van der Waals surface area contributed by atoms with Crippen molar-refractivity contribution in [3.05, 3.63) is 136 Å². The molecule has 39 heteroatoms. The molecule has 0 aliphatic carbocycles. The van der Waals surface area contributed by atoms with Gasteiger partial charge in [-0.15, -0.1) is 0 Å². The summed E-state index contributed by atoms with van der Waals surface area (Å²) in [5.74, 6) is 3.28. The van der Waals surface area contributed by atoms with E-state index in [1.165, 1.54) is 5.57 Å². The summed E-state index contributed by atoms with van der Waals surface area (Å²) in [6.45, 7) is 92.9. The molecule has 12 rings (SSSR count). The minimum atomic E-state index is -0.0343. The molecule has 12 unspecified atom stereocenters. The van der Waals surface area contributed by atoms with Crippen LogP contribution in [0.15, 0.2) is 195 Å². The summed E-state index contributed by atoms with van der Waals surface area (Å²) in [4.78, 5) is 52.2. The van der Waals surface area contributed by atoms with Crippen LogP contribution < -0.4 is 69.1 Å². The molecule has 0 saturated heterocycles. The summed E-state index contributed by atoms with van der Waals surface area (Å²) < 4.78 is 21.6. The van der Waals surface area contributed by atoms with Gasteiger partial charge < -0.3 is 88.1 Å². The largest absolute Gasteiger partial charge is 0.497 e. The van der Waals surface area contributed by atoms with Crippen LogP contribution in [0.2, 0.25) is 0 Å². The highest BCUT2D eigenvalue weighted by atomic mass is 79.9. The lowest BCUT2D eigenvalue weighted by atomic mass is 9.79. The number of halogens is 10. The summed E-state index contributed by atoms with van der Waals surface area (Å²) in [6.07, 6.45) is 32.6. The number of hydrogen-bond donors (Lipinski definition) is 13. The minimum absolute atomic E-state index is 0.00975. The zero-order chi connectivity index (χ0) is 116. The van der Waals surface area contributed by atoms with Crippen LogP contribution in [0.25, 0.3) is 0 Å². The molecule has 0 aromatic heterocycles. The second-order valence-electron chi connectivity index (χ2n) is 50.0. The topological polar surface area (TPSA) is 342 Å². The van der Waals surface area contributed by atoms with E-state index in [-0.39, 0.29) is 131 Å². The van der Waals surface area contributed by atoms with Gasteiger partial charge in [-0.3, -0.25) is 39.9 Å². The average molecular weight is 2340 g/mol. The fourth-order valence-electron chi connectivity index (χ4n) is 14.5. The van der Waals surface area contributed by atoms with E-state index in [9.17, 15) is 0 Å². The van der Waals surface area contributed by atoms with Gasteiger partial charge in [-0.1, -0.05) is 386 Å². The van der Waals surface area contributed by atoms with Crippen molar-refractivity contribution in [2.45, 2.75) is 383 Å². The Labute approximate surface area is 958 Å². The lowest BCUT2D eigenvalue weighted by Crippen LogP contribution is -2.51. The Balaban J connectivity index is 0.000000819. The van der Waals surface area contributed by atoms with Crippen molar-refractivity contribution in [1.82, 2.24) is 69.1 Å². The molecule has 12 aliphatic rings. The lowest BCUT2D eigenvalue weighted by molar-refractivity contribution is 0.208. The number of hydrogen-bond acceptors (Lipinski definition) is 27. The Morgan fingerprint density at radius 2 is 0.720 bits per heavy atom. The van der Waals surface area contributed by atoms with Crippen molar-refractivity contribution in [2.75, 3.05) is 34.5 Å². The van der Waals surface area contributed by atoms with E-state index in [0.29, 0.717) is 52.0 Å². The molecule has 12 atom stereocenters. The maximum Gasteiger partial charge on any atom is 0.289 e. The predicted octanol–water partition coefficient (Wildman–Crippen LogP) is 27.6. The number of amidine groups is 5. The summed E-state index contributed by atoms with van der Waals surface area (Å²) in [7, 11) is 4.87. The van der Waals surface area contributed by atoms with Crippen molar-refractivity contribution >= 4 is 194 Å². The highest BCUT2D eigenvalue weighted by molar-refractivity contribution is 9.11. The van der Waals surface area contributed by atoms with E-state index in [1.54, 1.807) is 84.2 Å². The summed E-state index contributed by atoms with van der Waals surface area (Å²) in [5, 5.41) is 45.2. The molecule has 13 N–H and O–H groups in total. The average Bonchev–Trinajstić information content (AvgIpc) is 0.827. The van der Waals surface area contributed by atoms with Crippen LogP contribution in [0, 0.1) is 70.9 Å². The Bertz CT molecular complexity index is 4910. The molecule has 0 fully saturated rings. The summed E-state index contributed by atoms with van der Waals surface area (Å²) >= 11 is 57.8. The van der Waals surface area contributed by atoms with E-state index < -0.39 is 0 Å². The molecule has 0 bridgehead atoms. The molecular weight excluding hydrogens is 2150 g/mol. The molecule has 0 saturated carbocycles. The quantitative estimate of drug-likeness (QED) is 0.110. The number of ether oxygens (including phenoxy) is 4. The maximum absolute atomic E-state index is 6.24. The maximum atomic E-state index is 6.24. The molecule has 0 radical (unpaired) electrons. The third-order valence-corrected chi connectivity index (χ3v) is 26.6. The van der Waals surface area contributed by atoms with Gasteiger partial charge in [-0.25, -0.2) is 20.0 Å². The Morgan fingerprint density at radius 3 is 1.10 bits per heavy atom. The second kappa shape index (κ2) is 63.1. The highest BCUT2D eigenvalue weighted by Crippen LogP contribution is 2.41. The monoisotopic (exact) mass is 2330 g/mol. The minimum Gasteiger partial charge on any atom is -0.497 e. The first-order valence-corrected chi connectivity index (χ1v) is 55.5. The van der Waals surface area contributed by atoms with Crippen LogP contribution in [-0.4, -0.2) is 180 Å².